The van der Waals surface area contributed by atoms with E-state index in [1.54, 1.807) is 6.92 Å². The van der Waals surface area contributed by atoms with Crippen LogP contribution in [0.5, 0.6) is 0 Å². The van der Waals surface area contributed by atoms with Crippen molar-refractivity contribution in [3.05, 3.63) is 17.2 Å². The Bertz CT molecular complexity index is 287. The number of amides is 1. The molecule has 0 saturated heterocycles. The first kappa shape index (κ1) is 14.5. The minimum atomic E-state index is -0.0420. The number of amidine groups is 1. The Morgan fingerprint density at radius 1 is 1.44 bits per heavy atom. The van der Waals surface area contributed by atoms with Crippen molar-refractivity contribution < 1.29 is 4.79 Å². The first-order valence-electron chi connectivity index (χ1n) is 5.39. The van der Waals surface area contributed by atoms with Gasteiger partial charge in [-0.2, -0.15) is 0 Å². The molecule has 16 heavy (non-hydrogen) atoms. The highest BCUT2D eigenvalue weighted by molar-refractivity contribution is 5.95. The number of nitrogens with zero attached hydrogens (tertiary/aromatic N) is 2. The number of rotatable bonds is 7. The van der Waals surface area contributed by atoms with Crippen molar-refractivity contribution in [1.82, 2.24) is 4.90 Å². The van der Waals surface area contributed by atoms with Gasteiger partial charge in [0.2, 0.25) is 5.91 Å². The Morgan fingerprint density at radius 3 is 2.50 bits per heavy atom. The van der Waals surface area contributed by atoms with Crippen molar-refractivity contribution in [1.29, 1.82) is 5.41 Å². The third-order valence-electron chi connectivity index (χ3n) is 2.15. The minimum absolute atomic E-state index is 0.0420. The van der Waals surface area contributed by atoms with E-state index in [0.717, 1.165) is 6.42 Å². The zero-order valence-electron chi connectivity index (χ0n) is 9.95. The van der Waals surface area contributed by atoms with Gasteiger partial charge in [-0.3, -0.25) is 10.2 Å². The molecule has 5 nitrogen and oxygen atoms in total. The van der Waals surface area contributed by atoms with Crippen molar-refractivity contribution >= 4 is 11.7 Å². The third-order valence-corrected chi connectivity index (χ3v) is 2.15. The van der Waals surface area contributed by atoms with Crippen molar-refractivity contribution in [2.24, 2.45) is 5.18 Å². The quantitative estimate of drug-likeness (QED) is 0.411. The normalized spacial score (nSPS) is 9.62. The molecule has 0 rings (SSSR count). The van der Waals surface area contributed by atoms with Crippen LogP contribution in [0.4, 0.5) is 0 Å². The summed E-state index contributed by atoms with van der Waals surface area (Å²) in [5.74, 6) is 0.197. The van der Waals surface area contributed by atoms with Gasteiger partial charge in [0.25, 0.3) is 0 Å². The predicted octanol–water partition coefficient (Wildman–Crippen LogP) is 2.67. The summed E-state index contributed by atoms with van der Waals surface area (Å²) in [6.45, 7) is 7.41. The molecule has 0 spiro atoms. The second-order valence-electron chi connectivity index (χ2n) is 3.64. The van der Waals surface area contributed by atoms with Gasteiger partial charge in [0.15, 0.2) is 0 Å². The first-order valence-corrected chi connectivity index (χ1v) is 5.39. The van der Waals surface area contributed by atoms with Gasteiger partial charge in [0, 0.05) is 13.0 Å². The summed E-state index contributed by atoms with van der Waals surface area (Å²) < 4.78 is 0. The lowest BCUT2D eigenvalue weighted by Gasteiger charge is -2.20. The van der Waals surface area contributed by atoms with Crippen LogP contribution in [0, 0.1) is 10.3 Å². The second kappa shape index (κ2) is 7.73. The molecular weight excluding hydrogens is 206 g/mol. The summed E-state index contributed by atoms with van der Waals surface area (Å²) in [6.07, 6.45) is 2.29. The lowest BCUT2D eigenvalue weighted by atomic mass is 10.2. The number of nitrogens with one attached hydrogen (secondary N) is 1. The van der Waals surface area contributed by atoms with Gasteiger partial charge in [0.1, 0.15) is 0 Å². The number of nitroso groups, excluding NO2 is 1. The van der Waals surface area contributed by atoms with Crippen LogP contribution in [0.25, 0.3) is 0 Å². The zero-order chi connectivity index (χ0) is 12.6. The lowest BCUT2D eigenvalue weighted by molar-refractivity contribution is -0.127. The SMILES string of the molecule is C=C(CCCN(C(C)=N)C(=O)CCC)N=O. The van der Waals surface area contributed by atoms with E-state index >= 15 is 0 Å². The number of carbonyl (C=O) groups excluding carboxylic acids is 1. The van der Waals surface area contributed by atoms with E-state index in [9.17, 15) is 9.70 Å². The highest BCUT2D eigenvalue weighted by atomic mass is 16.3. The molecule has 0 atom stereocenters. The van der Waals surface area contributed by atoms with Crippen LogP contribution in [0.1, 0.15) is 39.5 Å². The molecule has 0 aliphatic heterocycles. The summed E-state index contributed by atoms with van der Waals surface area (Å²) in [6, 6.07) is 0. The molecule has 0 fully saturated rings. The molecule has 0 aliphatic rings. The molecule has 0 heterocycles. The van der Waals surface area contributed by atoms with Gasteiger partial charge < -0.3 is 4.90 Å². The Balaban J connectivity index is 4.14. The molecule has 0 bridgehead atoms. The van der Waals surface area contributed by atoms with E-state index in [1.807, 2.05) is 6.92 Å². The minimum Gasteiger partial charge on any atom is -0.301 e. The van der Waals surface area contributed by atoms with Gasteiger partial charge in [-0.25, -0.2) is 0 Å². The van der Waals surface area contributed by atoms with Crippen LogP contribution in [0.3, 0.4) is 0 Å². The van der Waals surface area contributed by atoms with E-state index in [0.29, 0.717) is 25.8 Å². The van der Waals surface area contributed by atoms with Crippen LogP contribution in [-0.2, 0) is 4.79 Å². The van der Waals surface area contributed by atoms with Gasteiger partial charge in [-0.1, -0.05) is 13.5 Å². The maximum absolute atomic E-state index is 11.6. The molecule has 0 aromatic rings. The highest BCUT2D eigenvalue weighted by Crippen LogP contribution is 2.06. The first-order chi connectivity index (χ1) is 7.52. The summed E-state index contributed by atoms with van der Waals surface area (Å²) in [5, 5.41) is 10.2. The average Bonchev–Trinajstić information content (AvgIpc) is 2.23. The van der Waals surface area contributed by atoms with Crippen molar-refractivity contribution in [2.75, 3.05) is 6.54 Å². The number of allylic oxidation sites excluding steroid dienone is 1. The smallest absolute Gasteiger partial charge is 0.227 e. The molecule has 1 N–H and O–H groups in total. The number of carbonyl (C=O) groups is 1. The maximum Gasteiger partial charge on any atom is 0.227 e. The Kier molecular flexibility index (Phi) is 7.00. The standard InChI is InChI=1S/C11H19N3O2/c1-4-6-11(15)14(10(3)12)8-5-7-9(2)13-16/h12H,2,4-8H2,1,3H3. The van der Waals surface area contributed by atoms with Gasteiger partial charge in [-0.05, 0) is 31.4 Å². The van der Waals surface area contributed by atoms with Gasteiger partial charge >= 0.3 is 0 Å². The van der Waals surface area contributed by atoms with Crippen LogP contribution in [0.15, 0.2) is 17.5 Å². The van der Waals surface area contributed by atoms with Gasteiger partial charge in [0.05, 0.1) is 11.5 Å². The van der Waals surface area contributed by atoms with E-state index in [-0.39, 0.29) is 17.4 Å². The molecule has 0 saturated carbocycles. The fourth-order valence-corrected chi connectivity index (χ4v) is 1.32. The van der Waals surface area contributed by atoms with Crippen molar-refractivity contribution in [2.45, 2.75) is 39.5 Å². The Morgan fingerprint density at radius 2 is 2.06 bits per heavy atom. The van der Waals surface area contributed by atoms with Crippen LogP contribution in [-0.4, -0.2) is 23.2 Å². The average molecular weight is 225 g/mol. The highest BCUT2D eigenvalue weighted by Gasteiger charge is 2.13. The maximum atomic E-state index is 11.6. The number of hydrogen-bond donors (Lipinski definition) is 1. The second-order valence-corrected chi connectivity index (χ2v) is 3.64. The molecule has 0 unspecified atom stereocenters. The molecular formula is C11H19N3O2. The summed E-state index contributed by atoms with van der Waals surface area (Å²) >= 11 is 0. The Hall–Kier alpha value is -1.52. The molecule has 0 aliphatic carbocycles. The molecule has 0 aromatic carbocycles. The molecule has 0 aromatic heterocycles. The van der Waals surface area contributed by atoms with Crippen LogP contribution in [0.2, 0.25) is 0 Å². The van der Waals surface area contributed by atoms with Crippen molar-refractivity contribution in [3.8, 4) is 0 Å². The molecule has 5 heteroatoms. The fraction of sp³-hybridized carbons (Fsp3) is 0.636. The topological polar surface area (TPSA) is 73.6 Å². The zero-order valence-corrected chi connectivity index (χ0v) is 9.95. The van der Waals surface area contributed by atoms with E-state index < -0.39 is 0 Å². The monoisotopic (exact) mass is 225 g/mol. The van der Waals surface area contributed by atoms with E-state index in [1.165, 1.54) is 4.90 Å². The fourth-order valence-electron chi connectivity index (χ4n) is 1.32. The molecule has 90 valence electrons. The molecule has 0 radical (unpaired) electrons. The van der Waals surface area contributed by atoms with Gasteiger partial charge in [-0.15, -0.1) is 4.91 Å². The predicted molar refractivity (Wildman–Crippen MR) is 64.2 cm³/mol. The summed E-state index contributed by atoms with van der Waals surface area (Å²) in [7, 11) is 0. The van der Waals surface area contributed by atoms with Crippen molar-refractivity contribution in [3.63, 3.8) is 0 Å². The molecule has 1 amide bonds. The third kappa shape index (κ3) is 5.38. The van der Waals surface area contributed by atoms with Crippen LogP contribution < -0.4 is 0 Å². The lowest BCUT2D eigenvalue weighted by Crippen LogP contribution is -2.35. The largest absolute Gasteiger partial charge is 0.301 e. The summed E-state index contributed by atoms with van der Waals surface area (Å²) in [4.78, 5) is 23.1. The van der Waals surface area contributed by atoms with E-state index in [2.05, 4.69) is 11.8 Å². The summed E-state index contributed by atoms with van der Waals surface area (Å²) in [5.41, 5.74) is 0.283. The number of hydrogen-bond acceptors (Lipinski definition) is 4. The Labute approximate surface area is 96.0 Å². The van der Waals surface area contributed by atoms with Crippen LogP contribution >= 0.6 is 0 Å². The van der Waals surface area contributed by atoms with E-state index in [4.69, 9.17) is 5.41 Å².